The summed E-state index contributed by atoms with van der Waals surface area (Å²) in [7, 11) is 0. The number of ether oxygens (including phenoxy) is 1. The zero-order valence-corrected chi connectivity index (χ0v) is 12.8. The van der Waals surface area contributed by atoms with Crippen LogP contribution in [0.3, 0.4) is 0 Å². The maximum atomic E-state index is 11.8. The molecular formula is C16H27NO3. The number of nitrogens with zero attached hydrogens (tertiary/aromatic N) is 1. The van der Waals surface area contributed by atoms with Crippen LogP contribution in [0, 0.1) is 11.8 Å². The van der Waals surface area contributed by atoms with Crippen LogP contribution in [0.4, 0.5) is 0 Å². The van der Waals surface area contributed by atoms with E-state index in [-0.39, 0.29) is 18.0 Å². The quantitative estimate of drug-likeness (QED) is 0.503. The lowest BCUT2D eigenvalue weighted by atomic mass is 9.94. The van der Waals surface area contributed by atoms with Crippen molar-refractivity contribution in [2.75, 3.05) is 6.61 Å². The summed E-state index contributed by atoms with van der Waals surface area (Å²) in [4.78, 5) is 17.3. The van der Waals surface area contributed by atoms with Gasteiger partial charge < -0.3 is 9.57 Å². The van der Waals surface area contributed by atoms with Crippen LogP contribution in [0.15, 0.2) is 5.16 Å². The van der Waals surface area contributed by atoms with E-state index in [9.17, 15) is 4.79 Å². The van der Waals surface area contributed by atoms with Crippen LogP contribution >= 0.6 is 0 Å². The lowest BCUT2D eigenvalue weighted by Crippen LogP contribution is -2.17. The Balaban J connectivity index is 1.73. The fourth-order valence-electron chi connectivity index (χ4n) is 3.26. The van der Waals surface area contributed by atoms with Crippen LogP contribution in [-0.4, -0.2) is 24.4 Å². The fourth-order valence-corrected chi connectivity index (χ4v) is 3.26. The molecule has 0 bridgehead atoms. The van der Waals surface area contributed by atoms with Crippen LogP contribution in [0.2, 0.25) is 0 Å². The zero-order chi connectivity index (χ0) is 14.4. The van der Waals surface area contributed by atoms with Crippen LogP contribution in [0.1, 0.15) is 65.2 Å². The van der Waals surface area contributed by atoms with Crippen LogP contribution in [-0.2, 0) is 14.4 Å². The van der Waals surface area contributed by atoms with Crippen molar-refractivity contribution < 1.29 is 14.4 Å². The molecule has 0 spiro atoms. The van der Waals surface area contributed by atoms with Crippen molar-refractivity contribution in [2.24, 2.45) is 17.0 Å². The first-order valence-corrected chi connectivity index (χ1v) is 8.15. The van der Waals surface area contributed by atoms with Gasteiger partial charge in [0.15, 0.2) is 0 Å². The molecule has 4 heteroatoms. The Kier molecular flexibility index (Phi) is 5.86. The van der Waals surface area contributed by atoms with E-state index >= 15 is 0 Å². The lowest BCUT2D eigenvalue weighted by molar-refractivity contribution is -0.148. The average molecular weight is 281 g/mol. The molecule has 1 aliphatic heterocycles. The van der Waals surface area contributed by atoms with E-state index in [1.165, 1.54) is 37.8 Å². The molecule has 0 aromatic heterocycles. The summed E-state index contributed by atoms with van der Waals surface area (Å²) in [5, 5.41) is 4.24. The van der Waals surface area contributed by atoms with Gasteiger partial charge in [-0.15, -0.1) is 0 Å². The monoisotopic (exact) mass is 281 g/mol. The standard InChI is InChI=1S/C16H27NO3/c1-3-5-6-7-8-9-14-13-10-12(16(18)19-4-2)11-15(13)20-17-14/h12-13,15H,3-11H2,1-2H3. The molecule has 0 radical (unpaired) electrons. The van der Waals surface area contributed by atoms with Crippen molar-refractivity contribution in [1.29, 1.82) is 0 Å². The summed E-state index contributed by atoms with van der Waals surface area (Å²) in [5.41, 5.74) is 1.18. The van der Waals surface area contributed by atoms with Crippen molar-refractivity contribution in [3.05, 3.63) is 0 Å². The largest absolute Gasteiger partial charge is 0.466 e. The first-order chi connectivity index (χ1) is 9.76. The lowest BCUT2D eigenvalue weighted by Gasteiger charge is -2.10. The van der Waals surface area contributed by atoms with E-state index in [1.54, 1.807) is 0 Å². The average Bonchev–Trinajstić information content (AvgIpc) is 3.00. The second kappa shape index (κ2) is 7.65. The SMILES string of the molecule is CCCCCCCC1=NOC2CC(C(=O)OCC)CC12. The number of esters is 1. The van der Waals surface area contributed by atoms with Crippen molar-refractivity contribution in [3.8, 4) is 0 Å². The second-order valence-electron chi connectivity index (χ2n) is 5.92. The van der Waals surface area contributed by atoms with Crippen molar-refractivity contribution >= 4 is 11.7 Å². The Bertz CT molecular complexity index is 354. The minimum atomic E-state index is -0.0622. The molecule has 3 unspecified atom stereocenters. The van der Waals surface area contributed by atoms with E-state index in [0.717, 1.165) is 19.3 Å². The molecule has 1 saturated carbocycles. The predicted octanol–water partition coefficient (Wildman–Crippen LogP) is 3.69. The first-order valence-electron chi connectivity index (χ1n) is 8.15. The van der Waals surface area contributed by atoms with E-state index in [2.05, 4.69) is 12.1 Å². The van der Waals surface area contributed by atoms with Gasteiger partial charge in [0.2, 0.25) is 0 Å². The Morgan fingerprint density at radius 1 is 1.25 bits per heavy atom. The summed E-state index contributed by atoms with van der Waals surface area (Å²) in [6.45, 7) is 4.55. The molecular weight excluding hydrogens is 254 g/mol. The highest BCUT2D eigenvalue weighted by atomic mass is 16.6. The predicted molar refractivity (Wildman–Crippen MR) is 78.5 cm³/mol. The smallest absolute Gasteiger partial charge is 0.309 e. The third-order valence-electron chi connectivity index (χ3n) is 4.39. The third-order valence-corrected chi connectivity index (χ3v) is 4.39. The van der Waals surface area contributed by atoms with Crippen LogP contribution in [0.25, 0.3) is 0 Å². The van der Waals surface area contributed by atoms with E-state index < -0.39 is 0 Å². The molecule has 3 atom stereocenters. The molecule has 4 nitrogen and oxygen atoms in total. The molecule has 2 aliphatic rings. The Hall–Kier alpha value is -1.06. The molecule has 1 aliphatic carbocycles. The van der Waals surface area contributed by atoms with E-state index in [4.69, 9.17) is 9.57 Å². The second-order valence-corrected chi connectivity index (χ2v) is 5.92. The normalized spacial score (nSPS) is 27.9. The van der Waals surface area contributed by atoms with E-state index in [1.807, 2.05) is 6.92 Å². The highest BCUT2D eigenvalue weighted by molar-refractivity contribution is 5.89. The molecule has 0 aromatic carbocycles. The topological polar surface area (TPSA) is 47.9 Å². The minimum Gasteiger partial charge on any atom is -0.466 e. The highest BCUT2D eigenvalue weighted by Crippen LogP contribution is 2.39. The zero-order valence-electron chi connectivity index (χ0n) is 12.8. The number of unbranched alkanes of at least 4 members (excludes halogenated alkanes) is 4. The van der Waals surface area contributed by atoms with Gasteiger partial charge in [-0.2, -0.15) is 0 Å². The Morgan fingerprint density at radius 3 is 2.80 bits per heavy atom. The fraction of sp³-hybridized carbons (Fsp3) is 0.875. The van der Waals surface area contributed by atoms with Crippen LogP contribution in [0.5, 0.6) is 0 Å². The molecule has 0 saturated heterocycles. The molecule has 114 valence electrons. The summed E-state index contributed by atoms with van der Waals surface area (Å²) in [6.07, 6.45) is 9.14. The molecule has 0 amide bonds. The Labute approximate surface area is 121 Å². The summed E-state index contributed by atoms with van der Waals surface area (Å²) < 4.78 is 5.12. The number of rotatable bonds is 8. The summed E-state index contributed by atoms with van der Waals surface area (Å²) in [6, 6.07) is 0. The molecule has 0 N–H and O–H groups in total. The van der Waals surface area contributed by atoms with E-state index in [0.29, 0.717) is 12.5 Å². The minimum absolute atomic E-state index is 0.00976. The molecule has 1 fully saturated rings. The number of carbonyl (C=O) groups is 1. The van der Waals surface area contributed by atoms with Gasteiger partial charge in [0.25, 0.3) is 0 Å². The molecule has 0 aromatic rings. The van der Waals surface area contributed by atoms with Gasteiger partial charge in [-0.3, -0.25) is 4.79 Å². The number of carbonyl (C=O) groups excluding carboxylic acids is 1. The van der Waals surface area contributed by atoms with Crippen molar-refractivity contribution in [3.63, 3.8) is 0 Å². The van der Waals surface area contributed by atoms with Crippen molar-refractivity contribution in [1.82, 2.24) is 0 Å². The Morgan fingerprint density at radius 2 is 2.05 bits per heavy atom. The van der Waals surface area contributed by atoms with Gasteiger partial charge in [-0.25, -0.2) is 0 Å². The van der Waals surface area contributed by atoms with Gasteiger partial charge in [-0.1, -0.05) is 37.8 Å². The number of oxime groups is 1. The van der Waals surface area contributed by atoms with Crippen molar-refractivity contribution in [2.45, 2.75) is 71.3 Å². The van der Waals surface area contributed by atoms with Gasteiger partial charge in [0.1, 0.15) is 6.10 Å². The number of hydrogen-bond donors (Lipinski definition) is 0. The maximum Gasteiger partial charge on any atom is 0.309 e. The number of hydrogen-bond acceptors (Lipinski definition) is 4. The first kappa shape index (κ1) is 15.3. The van der Waals surface area contributed by atoms with Crippen LogP contribution < -0.4 is 0 Å². The van der Waals surface area contributed by atoms with Gasteiger partial charge in [0.05, 0.1) is 18.2 Å². The molecule has 2 rings (SSSR count). The van der Waals surface area contributed by atoms with Gasteiger partial charge >= 0.3 is 5.97 Å². The molecule has 20 heavy (non-hydrogen) atoms. The molecule has 1 heterocycles. The number of fused-ring (bicyclic) bond motifs is 1. The third kappa shape index (κ3) is 3.74. The van der Waals surface area contributed by atoms with Gasteiger partial charge in [0, 0.05) is 12.3 Å². The van der Waals surface area contributed by atoms with Gasteiger partial charge in [-0.05, 0) is 26.2 Å². The summed E-state index contributed by atoms with van der Waals surface area (Å²) in [5.74, 6) is 0.305. The maximum absolute atomic E-state index is 11.8. The summed E-state index contributed by atoms with van der Waals surface area (Å²) >= 11 is 0. The highest BCUT2D eigenvalue weighted by Gasteiger charge is 2.45.